The number of rotatable bonds is 37. The third kappa shape index (κ3) is 37.5. The molecule has 0 aromatic carbocycles. The highest BCUT2D eigenvalue weighted by molar-refractivity contribution is 5.87. The van der Waals surface area contributed by atoms with E-state index in [1.165, 1.54) is 161 Å². The molecule has 24 aliphatic rings. The van der Waals surface area contributed by atoms with E-state index in [4.69, 9.17) is 66.3 Å². The van der Waals surface area contributed by atoms with Crippen LogP contribution in [0.15, 0.2) is 0 Å². The van der Waals surface area contributed by atoms with E-state index < -0.39 is 16.2 Å². The second-order valence-electron chi connectivity index (χ2n) is 48.5. The highest BCUT2D eigenvalue weighted by atomic mass is 16.7. The van der Waals surface area contributed by atoms with Crippen LogP contribution in [0.4, 0.5) is 0 Å². The quantitative estimate of drug-likeness (QED) is 0.0242. The first kappa shape index (κ1) is 145. The van der Waals surface area contributed by atoms with Gasteiger partial charge in [0.1, 0.15) is 11.6 Å². The van der Waals surface area contributed by atoms with E-state index in [9.17, 15) is 43.2 Å². The second kappa shape index (κ2) is 66.8. The fraction of sp³-hybridized carbons (Fsp3) is 0.928. The van der Waals surface area contributed by atoms with E-state index in [1.807, 2.05) is 118 Å². The maximum Gasteiger partial charge on any atom is 0.313 e. The molecule has 23 nitrogen and oxygen atoms in total. The summed E-state index contributed by atoms with van der Waals surface area (Å²) in [6, 6.07) is 0. The maximum atomic E-state index is 12.3. The summed E-state index contributed by atoms with van der Waals surface area (Å²) in [4.78, 5) is 106. The molecule has 23 heteroatoms. The Balaban J connectivity index is 0. The molecule has 24 aliphatic carbocycles. The van der Waals surface area contributed by atoms with Crippen molar-refractivity contribution < 1.29 is 109 Å². The molecule has 0 aliphatic heterocycles. The van der Waals surface area contributed by atoms with Crippen LogP contribution in [-0.4, -0.2) is 145 Å². The molecule has 24 rings (SSSR count). The van der Waals surface area contributed by atoms with Gasteiger partial charge in [-0.3, -0.25) is 43.2 Å². The molecular formula is C125H236O23. The second-order valence-corrected chi connectivity index (χ2v) is 48.5. The maximum absolute atomic E-state index is 12.3. The molecule has 148 heavy (non-hydrogen) atoms. The van der Waals surface area contributed by atoms with Gasteiger partial charge in [0.05, 0.1) is 83.7 Å². The van der Waals surface area contributed by atoms with Crippen molar-refractivity contribution in [2.24, 2.45) is 194 Å². The number of Topliss-reactive ketones (excluding diaryl/α,β-unsaturated/α-hetero) is 2. The molecule has 0 aromatic rings. The molecular weight excluding hydrogens is 1870 g/mol. The number of ketones is 2. The first-order valence-corrected chi connectivity index (χ1v) is 54.6. The fourth-order valence-electron chi connectivity index (χ4n) is 28.9. The Morgan fingerprint density at radius 3 is 0.750 bits per heavy atom. The zero-order chi connectivity index (χ0) is 96.0. The lowest BCUT2D eigenvalue weighted by atomic mass is 9.52. The highest BCUT2D eigenvalue weighted by Gasteiger charge is 2.57. The van der Waals surface area contributed by atoms with Crippen molar-refractivity contribution in [3.05, 3.63) is 0 Å². The van der Waals surface area contributed by atoms with Crippen molar-refractivity contribution in [1.29, 1.82) is 0 Å². The van der Waals surface area contributed by atoms with Gasteiger partial charge in [0.2, 0.25) is 0 Å². The standard InChI is InChI=1S/C18H30O3.C17H26O4.C17H28O3.C16H24O4.C16H26O3.C14H24O3.C13H22O3.14CH4/c1-4-18(2,3)17(19)21-11-20-10-16-14-6-12-5-13(8-14)9-15(16)7-12;1-4-17(2,3)16(19)21-9-20-15-12-6-10-5-11(8-12)14(18)13(15)7-10;1-3-11(2)17(18)20-10-19-9-16-14-5-12-4-13(7-14)8-15(16)6-12;1-3-9(2)16(18)20-8-19-15-12-5-10-4-11(7-12)14(17)13(15)6-10;1-3-10(2)16(17)19-9-18-15-13-5-11-4-12(7-13)8-14(15)6-11;1-4-14(2,3)13(15)17-9-16-12-8-10-5-6-11(12)7-10;1-3-9(2)13(14)16-8-15-12-7-10-4-5-11(12)6-10;;;;;;;;;;;;;;/h12-16H,4-11H2,1-3H3;10-13,15H,4-9H2,1-3H3;11-16H,3-10H2,1-2H3;9-13,15H,3-8H2,1-2H3;10-15H,3-9H2,1-2H3;10-12H,4-9H2,1-3H3;9-12H,3-8H2,1-2H3;14*1H4. The van der Waals surface area contributed by atoms with Gasteiger partial charge < -0.3 is 66.3 Å². The van der Waals surface area contributed by atoms with Crippen LogP contribution in [0.1, 0.15) is 466 Å². The molecule has 0 spiro atoms. The summed E-state index contributed by atoms with van der Waals surface area (Å²) in [7, 11) is 0. The molecule has 24 fully saturated rings. The summed E-state index contributed by atoms with van der Waals surface area (Å²) in [6.07, 6.45) is 46.6. The number of carbonyl (C=O) groups is 9. The van der Waals surface area contributed by atoms with Crippen LogP contribution in [-0.2, 0) is 109 Å². The number of esters is 7. The van der Waals surface area contributed by atoms with Crippen molar-refractivity contribution in [2.75, 3.05) is 60.8 Å². The Bertz CT molecular complexity index is 3710. The Labute approximate surface area is 908 Å². The van der Waals surface area contributed by atoms with Gasteiger partial charge in [-0.05, 0) is 416 Å². The lowest BCUT2D eigenvalue weighted by Gasteiger charge is -2.54. The molecule has 0 amide bonds. The first-order valence-electron chi connectivity index (χ1n) is 54.6. The van der Waals surface area contributed by atoms with Crippen molar-refractivity contribution in [1.82, 2.24) is 0 Å². The highest BCUT2D eigenvalue weighted by Crippen LogP contribution is 2.61. The molecule has 0 radical (unpaired) electrons. The minimum absolute atomic E-state index is 0. The van der Waals surface area contributed by atoms with E-state index in [0.29, 0.717) is 47.6 Å². The van der Waals surface area contributed by atoms with Crippen LogP contribution in [0.2, 0.25) is 0 Å². The van der Waals surface area contributed by atoms with Crippen LogP contribution < -0.4 is 0 Å². The molecule has 20 atom stereocenters. The summed E-state index contributed by atoms with van der Waals surface area (Å²) >= 11 is 0. The smallest absolute Gasteiger partial charge is 0.313 e. The lowest BCUT2D eigenvalue weighted by molar-refractivity contribution is -0.194. The summed E-state index contributed by atoms with van der Waals surface area (Å²) in [6.45, 7) is 35.2. The number of hydrogen-bond acceptors (Lipinski definition) is 23. The minimum atomic E-state index is -0.469. The zero-order valence-corrected chi connectivity index (χ0v) is 85.8. The number of fused-ring (bicyclic) bond motifs is 4. The summed E-state index contributed by atoms with van der Waals surface area (Å²) < 4.78 is 76.8. The minimum Gasteiger partial charge on any atom is -0.438 e. The van der Waals surface area contributed by atoms with Crippen molar-refractivity contribution in [2.45, 2.75) is 496 Å². The van der Waals surface area contributed by atoms with E-state index in [2.05, 4.69) is 0 Å². The predicted molar refractivity (Wildman–Crippen MR) is 601 cm³/mol. The normalized spacial score (nSPS) is 34.1. The number of carbonyl (C=O) groups excluding carboxylic acids is 9. The third-order valence-corrected chi connectivity index (χ3v) is 38.3. The summed E-state index contributed by atoms with van der Waals surface area (Å²) in [5, 5.41) is 0. The fourth-order valence-corrected chi connectivity index (χ4v) is 28.9. The third-order valence-electron chi connectivity index (χ3n) is 38.3. The summed E-state index contributed by atoms with van der Waals surface area (Å²) in [5.41, 5.74) is -1.26. The van der Waals surface area contributed by atoms with E-state index in [-0.39, 0.29) is 247 Å². The van der Waals surface area contributed by atoms with Crippen LogP contribution >= 0.6 is 0 Å². The molecule has 0 aromatic heterocycles. The summed E-state index contributed by atoms with van der Waals surface area (Å²) in [5.74, 6) is 18.3. The zero-order valence-electron chi connectivity index (χ0n) is 85.8. The van der Waals surface area contributed by atoms with Crippen molar-refractivity contribution >= 4 is 53.4 Å². The van der Waals surface area contributed by atoms with E-state index in [1.54, 1.807) is 0 Å². The van der Waals surface area contributed by atoms with Gasteiger partial charge in [0.25, 0.3) is 0 Å². The van der Waals surface area contributed by atoms with Crippen molar-refractivity contribution in [3.8, 4) is 0 Å². The monoisotopic (exact) mass is 2110 g/mol. The van der Waals surface area contributed by atoms with Crippen LogP contribution in [0.5, 0.6) is 0 Å². The molecule has 0 saturated heterocycles. The SMILES string of the molecule is C.C.C.C.C.C.C.C.C.C.C.C.C.C.CCC(C)(C)C(=O)OCOC1C2CC3CC(C2)C(=O)C1C3.CCC(C)(C)C(=O)OCOC1CC2CCC1C2.CCC(C)(C)C(=O)OCOCC1C2CC3CC(C2)CC1C3.CCC(C)C(=O)OCOC1C2CC3CC(C2)C(=O)C1C3.CCC(C)C(=O)OCOC1C2CC3CC(C2)CC1C3.CCC(C)C(=O)OCOC1CC2CCC1C2.CCC(C)C(=O)OCOCC1C2CC3CC(C2)CC1C3. The molecule has 24 saturated carbocycles. The number of ether oxygens (including phenoxy) is 14. The Morgan fingerprint density at radius 1 is 0.250 bits per heavy atom. The largest absolute Gasteiger partial charge is 0.438 e. The van der Waals surface area contributed by atoms with Crippen LogP contribution in [0.3, 0.4) is 0 Å². The van der Waals surface area contributed by atoms with Gasteiger partial charge in [0, 0.05) is 23.7 Å². The first-order chi connectivity index (χ1) is 64.1. The van der Waals surface area contributed by atoms with Gasteiger partial charge in [-0.2, -0.15) is 0 Å². The van der Waals surface area contributed by atoms with Crippen molar-refractivity contribution in [3.63, 3.8) is 0 Å². The molecule has 0 heterocycles. The van der Waals surface area contributed by atoms with Gasteiger partial charge in [0.15, 0.2) is 47.6 Å². The molecule has 874 valence electrons. The van der Waals surface area contributed by atoms with Gasteiger partial charge in [-0.15, -0.1) is 0 Å². The predicted octanol–water partition coefficient (Wildman–Crippen LogP) is 31.3. The van der Waals surface area contributed by atoms with Gasteiger partial charge in [-0.1, -0.05) is 180 Å². The Kier molecular flexibility index (Phi) is 65.6. The Hall–Kier alpha value is -4.65. The lowest BCUT2D eigenvalue weighted by Crippen LogP contribution is -2.55. The average molecular weight is 2110 g/mol. The number of hydrogen-bond donors (Lipinski definition) is 0. The van der Waals surface area contributed by atoms with Crippen LogP contribution in [0, 0.1) is 194 Å². The molecule has 20 unspecified atom stereocenters. The Morgan fingerprint density at radius 2 is 0.480 bits per heavy atom. The van der Waals surface area contributed by atoms with Crippen LogP contribution in [0.25, 0.3) is 0 Å². The van der Waals surface area contributed by atoms with Gasteiger partial charge in [-0.25, -0.2) is 0 Å². The molecule has 0 N–H and O–H groups in total. The van der Waals surface area contributed by atoms with E-state index in [0.717, 1.165) is 215 Å². The molecule has 24 bridgehead atoms. The van der Waals surface area contributed by atoms with Gasteiger partial charge >= 0.3 is 41.8 Å². The van der Waals surface area contributed by atoms with E-state index >= 15 is 0 Å². The topological polar surface area (TPSA) is 283 Å². The average Bonchev–Trinajstić information content (AvgIpc) is 1.35.